The van der Waals surface area contributed by atoms with E-state index in [1.54, 1.807) is 41.5 Å². The first-order valence-electron chi connectivity index (χ1n) is 9.98. The molecule has 0 radical (unpaired) electrons. The van der Waals surface area contributed by atoms with E-state index >= 15 is 0 Å². The number of carboxylic acids is 2. The molecule has 0 saturated heterocycles. The Bertz CT molecular complexity index is 701. The number of aliphatic hydroxyl groups excluding tert-OH is 1. The van der Waals surface area contributed by atoms with Crippen LogP contribution in [0.5, 0.6) is 0 Å². The van der Waals surface area contributed by atoms with Gasteiger partial charge in [0.2, 0.25) is 0 Å². The monoisotopic (exact) mass is 476 g/mol. The fourth-order valence-electron chi connectivity index (χ4n) is 1.91. The number of hydrogen-bond acceptors (Lipinski definition) is 8. The molecular weight excluding hydrogens is 440 g/mol. The van der Waals surface area contributed by atoms with Crippen molar-refractivity contribution in [1.82, 2.24) is 10.6 Å². The van der Waals surface area contributed by atoms with Gasteiger partial charge in [-0.25, -0.2) is 19.2 Å². The minimum atomic E-state index is -1.36. The van der Waals surface area contributed by atoms with Crippen LogP contribution in [0.2, 0.25) is 0 Å². The Kier molecular flexibility index (Phi) is 13.8. The highest BCUT2D eigenvalue weighted by atomic mass is 16.6. The number of rotatable bonds is 8. The van der Waals surface area contributed by atoms with Gasteiger partial charge in [0, 0.05) is 0 Å². The molecule has 0 heterocycles. The number of carbonyl (C=O) groups is 4. The van der Waals surface area contributed by atoms with Crippen LogP contribution in [0.4, 0.5) is 9.59 Å². The number of ether oxygens (including phenoxy) is 3. The zero-order valence-electron chi connectivity index (χ0n) is 20.3. The van der Waals surface area contributed by atoms with E-state index < -0.39 is 59.6 Å². The molecule has 190 valence electrons. The van der Waals surface area contributed by atoms with Crippen molar-refractivity contribution in [2.45, 2.75) is 90.9 Å². The van der Waals surface area contributed by atoms with Crippen LogP contribution in [0, 0.1) is 12.3 Å². The standard InChI is InChI=1S/C12H19NO5.C9H17NO5/c1-6-7-17-8(2)9(10(14)15)13-11(16)18-12(3,4)5;1-5(11)6(7(12)13)10-8(14)15-9(2,3)4/h1,8-9H,7H2,2-5H3,(H,13,16)(H,14,15);5-6,11H,1-4H3,(H,10,14)(H,12,13)/t8-,9+;5-,6+/m11/s1. The first-order chi connectivity index (χ1) is 14.8. The van der Waals surface area contributed by atoms with Gasteiger partial charge < -0.3 is 40.2 Å². The molecule has 0 fully saturated rings. The van der Waals surface area contributed by atoms with Gasteiger partial charge in [-0.3, -0.25) is 0 Å². The molecule has 0 aliphatic rings. The highest BCUT2D eigenvalue weighted by Crippen LogP contribution is 2.08. The third-order valence-corrected chi connectivity index (χ3v) is 3.26. The fraction of sp³-hybridized carbons (Fsp3) is 0.714. The van der Waals surface area contributed by atoms with Crippen molar-refractivity contribution >= 4 is 24.1 Å². The van der Waals surface area contributed by atoms with Crippen molar-refractivity contribution in [3.63, 3.8) is 0 Å². The first-order valence-corrected chi connectivity index (χ1v) is 9.98. The summed E-state index contributed by atoms with van der Waals surface area (Å²) in [5.74, 6) is -0.302. The molecule has 0 aliphatic carbocycles. The lowest BCUT2D eigenvalue weighted by molar-refractivity contribution is -0.143. The zero-order valence-corrected chi connectivity index (χ0v) is 20.3. The van der Waals surface area contributed by atoms with Crippen LogP contribution >= 0.6 is 0 Å². The normalized spacial score (nSPS) is 14.7. The van der Waals surface area contributed by atoms with E-state index in [1.165, 1.54) is 13.8 Å². The molecule has 0 aromatic carbocycles. The Balaban J connectivity index is 0. The fourth-order valence-corrected chi connectivity index (χ4v) is 1.91. The topological polar surface area (TPSA) is 181 Å². The summed E-state index contributed by atoms with van der Waals surface area (Å²) < 4.78 is 14.9. The highest BCUT2D eigenvalue weighted by Gasteiger charge is 2.29. The van der Waals surface area contributed by atoms with Gasteiger partial charge in [0.05, 0.1) is 12.2 Å². The Hall–Kier alpha value is -3.04. The van der Waals surface area contributed by atoms with Crippen LogP contribution in [0.3, 0.4) is 0 Å². The summed E-state index contributed by atoms with van der Waals surface area (Å²) in [6, 6.07) is -2.58. The number of aliphatic carboxylic acids is 2. The summed E-state index contributed by atoms with van der Waals surface area (Å²) in [4.78, 5) is 44.2. The van der Waals surface area contributed by atoms with E-state index in [9.17, 15) is 19.2 Å². The average Bonchev–Trinajstić information content (AvgIpc) is 2.59. The van der Waals surface area contributed by atoms with Crippen LogP contribution in [-0.4, -0.2) is 81.5 Å². The number of amides is 2. The van der Waals surface area contributed by atoms with Crippen LogP contribution in [0.15, 0.2) is 0 Å². The lowest BCUT2D eigenvalue weighted by Crippen LogP contribution is -2.50. The van der Waals surface area contributed by atoms with Gasteiger partial charge in [0.1, 0.15) is 17.8 Å². The quantitative estimate of drug-likeness (QED) is 0.321. The summed E-state index contributed by atoms with van der Waals surface area (Å²) >= 11 is 0. The smallest absolute Gasteiger partial charge is 0.408 e. The van der Waals surface area contributed by atoms with Gasteiger partial charge in [0.25, 0.3) is 0 Å². The number of alkyl carbamates (subject to hydrolysis) is 2. The third-order valence-electron chi connectivity index (χ3n) is 3.26. The zero-order chi connectivity index (χ0) is 26.6. The van der Waals surface area contributed by atoms with E-state index in [-0.39, 0.29) is 6.61 Å². The molecule has 0 unspecified atom stereocenters. The maximum Gasteiger partial charge on any atom is 0.408 e. The third kappa shape index (κ3) is 17.2. The van der Waals surface area contributed by atoms with E-state index in [0.29, 0.717) is 0 Å². The van der Waals surface area contributed by atoms with Crippen LogP contribution < -0.4 is 10.6 Å². The lowest BCUT2D eigenvalue weighted by Gasteiger charge is -2.24. The highest BCUT2D eigenvalue weighted by molar-refractivity contribution is 5.81. The molecule has 12 nitrogen and oxygen atoms in total. The number of carbonyl (C=O) groups excluding carboxylic acids is 2. The second kappa shape index (κ2) is 14.2. The number of nitrogens with one attached hydrogen (secondary N) is 2. The second-order valence-electron chi connectivity index (χ2n) is 8.89. The summed E-state index contributed by atoms with van der Waals surface area (Å²) in [5.41, 5.74) is -1.40. The van der Waals surface area contributed by atoms with Gasteiger partial charge in [-0.15, -0.1) is 6.42 Å². The van der Waals surface area contributed by atoms with Crippen LogP contribution in [-0.2, 0) is 23.8 Å². The van der Waals surface area contributed by atoms with Gasteiger partial charge >= 0.3 is 24.1 Å². The molecule has 12 heteroatoms. The molecule has 0 saturated carbocycles. The SMILES string of the molecule is C#CCO[C@H](C)[C@H](NC(=O)OC(C)(C)C)C(=O)O.C[C@@H](O)[C@H](NC(=O)OC(C)(C)C)C(=O)O. The molecule has 2 amide bonds. The minimum Gasteiger partial charge on any atom is -0.480 e. The molecule has 5 N–H and O–H groups in total. The Morgan fingerprint density at radius 3 is 1.48 bits per heavy atom. The molecule has 0 aromatic rings. The molecule has 0 spiro atoms. The van der Waals surface area contributed by atoms with Crippen LogP contribution in [0.1, 0.15) is 55.4 Å². The van der Waals surface area contributed by atoms with E-state index in [1.807, 2.05) is 0 Å². The summed E-state index contributed by atoms with van der Waals surface area (Å²) in [6.45, 7) is 12.8. The van der Waals surface area contributed by atoms with E-state index in [2.05, 4.69) is 16.6 Å². The summed E-state index contributed by atoms with van der Waals surface area (Å²) in [6.07, 6.45) is 1.38. The van der Waals surface area contributed by atoms with Gasteiger partial charge in [0.15, 0.2) is 12.1 Å². The van der Waals surface area contributed by atoms with Gasteiger partial charge in [-0.2, -0.15) is 0 Å². The van der Waals surface area contributed by atoms with Crippen molar-refractivity contribution in [3.8, 4) is 12.3 Å². The molecule has 0 rings (SSSR count). The van der Waals surface area contributed by atoms with Crippen molar-refractivity contribution in [1.29, 1.82) is 0 Å². The minimum absolute atomic E-state index is 0.0268. The summed E-state index contributed by atoms with van der Waals surface area (Å²) in [7, 11) is 0. The van der Waals surface area contributed by atoms with Crippen molar-refractivity contribution < 1.29 is 48.7 Å². The first kappa shape index (κ1) is 32.1. The molecular formula is C21H36N2O10. The number of aliphatic hydroxyl groups is 1. The second-order valence-corrected chi connectivity index (χ2v) is 8.89. The Morgan fingerprint density at radius 2 is 1.21 bits per heavy atom. The molecule has 33 heavy (non-hydrogen) atoms. The molecule has 4 atom stereocenters. The number of terminal acetylenes is 1. The molecule has 0 aliphatic heterocycles. The summed E-state index contributed by atoms with van der Waals surface area (Å²) in [5, 5.41) is 31.0. The average molecular weight is 477 g/mol. The predicted molar refractivity (Wildman–Crippen MR) is 118 cm³/mol. The number of hydrogen-bond donors (Lipinski definition) is 5. The van der Waals surface area contributed by atoms with E-state index in [0.717, 1.165) is 0 Å². The van der Waals surface area contributed by atoms with Gasteiger partial charge in [-0.1, -0.05) is 5.92 Å². The largest absolute Gasteiger partial charge is 0.480 e. The van der Waals surface area contributed by atoms with E-state index in [4.69, 9.17) is 36.0 Å². The predicted octanol–water partition coefficient (Wildman–Crippen LogP) is 1.35. The van der Waals surface area contributed by atoms with Crippen molar-refractivity contribution in [2.24, 2.45) is 0 Å². The lowest BCUT2D eigenvalue weighted by atomic mass is 10.2. The maximum atomic E-state index is 11.5. The van der Waals surface area contributed by atoms with Crippen molar-refractivity contribution in [2.75, 3.05) is 6.61 Å². The van der Waals surface area contributed by atoms with Gasteiger partial charge in [-0.05, 0) is 55.4 Å². The Morgan fingerprint density at radius 1 is 0.848 bits per heavy atom. The molecule has 0 aromatic heterocycles. The van der Waals surface area contributed by atoms with Crippen molar-refractivity contribution in [3.05, 3.63) is 0 Å². The Labute approximate surface area is 194 Å². The van der Waals surface area contributed by atoms with Crippen LogP contribution in [0.25, 0.3) is 0 Å². The maximum absolute atomic E-state index is 11.5. The number of carboxylic acid groups (broad SMARTS) is 2. The molecule has 0 bridgehead atoms.